The molecule has 280 valence electrons. The van der Waals surface area contributed by atoms with Gasteiger partial charge in [-0.2, -0.15) is 0 Å². The Morgan fingerprint density at radius 2 is 0.750 bits per heavy atom. The molecule has 0 radical (unpaired) electrons. The Kier molecular flexibility index (Phi) is 7.85. The molecular weight excluding hydrogens is 731 g/mol. The lowest BCUT2D eigenvalue weighted by Crippen LogP contribution is -1.86. The van der Waals surface area contributed by atoms with Crippen LogP contribution in [0.3, 0.4) is 0 Å². The zero-order valence-corrected chi connectivity index (χ0v) is 32.5. The number of hydrogen-bond acceptors (Lipinski definition) is 3. The minimum Gasteiger partial charge on any atom is -0.455 e. The van der Waals surface area contributed by atoms with Crippen molar-refractivity contribution in [1.82, 2.24) is 4.98 Å². The van der Waals surface area contributed by atoms with Gasteiger partial charge in [0.1, 0.15) is 16.7 Å². The lowest BCUT2D eigenvalue weighted by atomic mass is 9.93. The van der Waals surface area contributed by atoms with Crippen molar-refractivity contribution < 1.29 is 8.83 Å². The van der Waals surface area contributed by atoms with Gasteiger partial charge in [-0.05, 0) is 132 Å². The monoisotopic (exact) mass is 765 g/mol. The summed E-state index contributed by atoms with van der Waals surface area (Å²) in [4.78, 5) is 4.74. The Labute approximate surface area is 346 Å². The molecule has 0 N–H and O–H groups in total. The minimum absolute atomic E-state index is 0.606. The molecule has 3 nitrogen and oxygen atoms in total. The van der Waals surface area contributed by atoms with Crippen molar-refractivity contribution in [3.05, 3.63) is 212 Å². The van der Waals surface area contributed by atoms with Crippen molar-refractivity contribution in [3.8, 4) is 67.1 Å². The zero-order chi connectivity index (χ0) is 39.6. The Balaban J connectivity index is 0.954. The molecule has 0 atom stereocenters. The molecule has 0 fully saturated rings. The highest BCUT2D eigenvalue weighted by atomic mass is 16.3. The molecule has 0 aliphatic heterocycles. The summed E-state index contributed by atoms with van der Waals surface area (Å²) in [5, 5.41) is 7.14. The van der Waals surface area contributed by atoms with E-state index < -0.39 is 0 Å². The first-order chi connectivity index (χ1) is 29.7. The zero-order valence-electron chi connectivity index (χ0n) is 32.5. The van der Waals surface area contributed by atoms with Crippen LogP contribution in [-0.2, 0) is 0 Å². The predicted octanol–water partition coefficient (Wildman–Crippen LogP) is 16.0. The molecule has 10 aromatic carbocycles. The molecule has 0 spiro atoms. The molecule has 0 saturated carbocycles. The van der Waals surface area contributed by atoms with Gasteiger partial charge in [-0.25, -0.2) is 4.98 Å². The maximum absolute atomic E-state index is 6.77. The molecule has 2 aromatic heterocycles. The fourth-order valence-corrected chi connectivity index (χ4v) is 8.68. The number of hydrogen-bond donors (Lipinski definition) is 0. The Morgan fingerprint density at radius 1 is 0.283 bits per heavy atom. The number of benzene rings is 10. The van der Waals surface area contributed by atoms with Gasteiger partial charge in [0.25, 0.3) is 0 Å². The number of oxazole rings is 1. The van der Waals surface area contributed by atoms with Crippen LogP contribution in [0.2, 0.25) is 0 Å². The van der Waals surface area contributed by atoms with Crippen LogP contribution in [0.25, 0.3) is 122 Å². The summed E-state index contributed by atoms with van der Waals surface area (Å²) in [5.41, 5.74) is 15.7. The number of aromatic nitrogens is 1. The number of furan rings is 1. The molecule has 3 heteroatoms. The SMILES string of the molecule is c1ccc2cc(-c3ccc(-c4ccc5oc6c(-c7ccc(-c8nc9ccccc9o8)cc7)cc(-c7ccc(-c8ccc9ccccc9c8)cc7)cc6c5c4)cc3)ccc2c1. The second kappa shape index (κ2) is 13.8. The molecule has 0 saturated heterocycles. The second-order valence-electron chi connectivity index (χ2n) is 15.6. The van der Waals surface area contributed by atoms with Crippen LogP contribution in [-0.4, -0.2) is 4.98 Å². The normalized spacial score (nSPS) is 11.7. The molecule has 60 heavy (non-hydrogen) atoms. The average molecular weight is 766 g/mol. The smallest absolute Gasteiger partial charge is 0.227 e. The first kappa shape index (κ1) is 34.1. The molecule has 0 aliphatic rings. The van der Waals surface area contributed by atoms with E-state index in [0.717, 1.165) is 72.0 Å². The van der Waals surface area contributed by atoms with Crippen LogP contribution in [0.4, 0.5) is 0 Å². The molecule has 0 unspecified atom stereocenters. The van der Waals surface area contributed by atoms with Crippen LogP contribution in [0.15, 0.2) is 221 Å². The van der Waals surface area contributed by atoms with Crippen LogP contribution in [0.5, 0.6) is 0 Å². The fourth-order valence-electron chi connectivity index (χ4n) is 8.68. The van der Waals surface area contributed by atoms with Crippen molar-refractivity contribution in [2.24, 2.45) is 0 Å². The van der Waals surface area contributed by atoms with E-state index in [-0.39, 0.29) is 0 Å². The van der Waals surface area contributed by atoms with E-state index >= 15 is 0 Å². The van der Waals surface area contributed by atoms with Crippen molar-refractivity contribution in [2.45, 2.75) is 0 Å². The largest absolute Gasteiger partial charge is 0.455 e. The highest BCUT2D eigenvalue weighted by Crippen LogP contribution is 2.42. The van der Waals surface area contributed by atoms with Crippen molar-refractivity contribution in [1.29, 1.82) is 0 Å². The summed E-state index contributed by atoms with van der Waals surface area (Å²) in [7, 11) is 0. The van der Waals surface area contributed by atoms with Crippen LogP contribution >= 0.6 is 0 Å². The van der Waals surface area contributed by atoms with E-state index in [9.17, 15) is 0 Å². The van der Waals surface area contributed by atoms with Gasteiger partial charge in [0.15, 0.2) is 5.58 Å². The Bertz CT molecular complexity index is 3540. The summed E-state index contributed by atoms with van der Waals surface area (Å²) in [5.74, 6) is 0.606. The lowest BCUT2D eigenvalue weighted by molar-refractivity contribution is 0.620. The average Bonchev–Trinajstić information content (AvgIpc) is 3.93. The Morgan fingerprint density at radius 3 is 1.37 bits per heavy atom. The third kappa shape index (κ3) is 5.95. The number of fused-ring (bicyclic) bond motifs is 6. The van der Waals surface area contributed by atoms with Gasteiger partial charge in [-0.15, -0.1) is 0 Å². The molecule has 2 heterocycles. The van der Waals surface area contributed by atoms with Gasteiger partial charge in [0, 0.05) is 21.9 Å². The number of rotatable bonds is 6. The van der Waals surface area contributed by atoms with Crippen LogP contribution in [0.1, 0.15) is 0 Å². The molecule has 12 aromatic rings. The third-order valence-corrected chi connectivity index (χ3v) is 11.9. The quantitative estimate of drug-likeness (QED) is 0.169. The van der Waals surface area contributed by atoms with Crippen LogP contribution < -0.4 is 0 Å². The van der Waals surface area contributed by atoms with E-state index in [0.29, 0.717) is 5.89 Å². The standard InChI is InChI=1S/C57H35NO2/c1-3-9-44-31-46(27-21-36(44)7-1)38-13-15-40(16-14-38)48-29-30-54-51(33-48)52-35-49(41-19-17-39(18-20-41)47-28-22-37-8-2-4-10-45(37)32-47)34-50(56(52)59-54)42-23-25-43(26-24-42)57-58-53-11-5-6-12-55(53)60-57/h1-35H. The van der Waals surface area contributed by atoms with Crippen LogP contribution in [0, 0.1) is 0 Å². The van der Waals surface area contributed by atoms with Crippen molar-refractivity contribution in [3.63, 3.8) is 0 Å². The van der Waals surface area contributed by atoms with Crippen molar-refractivity contribution in [2.75, 3.05) is 0 Å². The summed E-state index contributed by atoms with van der Waals surface area (Å²) in [6.07, 6.45) is 0. The van der Waals surface area contributed by atoms with Gasteiger partial charge in [-0.1, -0.05) is 152 Å². The second-order valence-corrected chi connectivity index (χ2v) is 15.6. The highest BCUT2D eigenvalue weighted by Gasteiger charge is 2.17. The van der Waals surface area contributed by atoms with Crippen molar-refractivity contribution >= 4 is 54.6 Å². The molecule has 12 rings (SSSR count). The van der Waals surface area contributed by atoms with Gasteiger partial charge in [0.2, 0.25) is 5.89 Å². The van der Waals surface area contributed by atoms with E-state index in [1.807, 2.05) is 24.3 Å². The molecular formula is C57H35NO2. The topological polar surface area (TPSA) is 39.2 Å². The van der Waals surface area contributed by atoms with E-state index in [2.05, 4.69) is 188 Å². The first-order valence-electron chi connectivity index (χ1n) is 20.3. The first-order valence-corrected chi connectivity index (χ1v) is 20.3. The van der Waals surface area contributed by atoms with E-state index in [1.54, 1.807) is 0 Å². The highest BCUT2D eigenvalue weighted by molar-refractivity contribution is 6.12. The number of para-hydroxylation sites is 2. The van der Waals surface area contributed by atoms with Gasteiger partial charge < -0.3 is 8.83 Å². The third-order valence-electron chi connectivity index (χ3n) is 11.9. The van der Waals surface area contributed by atoms with E-state index in [1.165, 1.54) is 43.8 Å². The fraction of sp³-hybridized carbons (Fsp3) is 0. The summed E-state index contributed by atoms with van der Waals surface area (Å²) in [6.45, 7) is 0. The molecule has 0 bridgehead atoms. The maximum atomic E-state index is 6.77. The lowest BCUT2D eigenvalue weighted by Gasteiger charge is -2.10. The van der Waals surface area contributed by atoms with Gasteiger partial charge in [0.05, 0.1) is 0 Å². The van der Waals surface area contributed by atoms with Gasteiger partial charge in [-0.3, -0.25) is 0 Å². The molecule has 0 amide bonds. The Hall–Kier alpha value is -8.01. The maximum Gasteiger partial charge on any atom is 0.227 e. The summed E-state index contributed by atoms with van der Waals surface area (Å²) >= 11 is 0. The number of nitrogens with zero attached hydrogens (tertiary/aromatic N) is 1. The summed E-state index contributed by atoms with van der Waals surface area (Å²) < 4.78 is 12.9. The predicted molar refractivity (Wildman–Crippen MR) is 249 cm³/mol. The molecule has 0 aliphatic carbocycles. The van der Waals surface area contributed by atoms with E-state index in [4.69, 9.17) is 13.8 Å². The minimum atomic E-state index is 0.606. The van der Waals surface area contributed by atoms with Gasteiger partial charge >= 0.3 is 0 Å². The summed E-state index contributed by atoms with van der Waals surface area (Å²) in [6, 6.07) is 75.6.